The molecule has 0 saturated heterocycles. The lowest BCUT2D eigenvalue weighted by atomic mass is 10.0. The number of ether oxygens (including phenoxy) is 1. The predicted octanol–water partition coefficient (Wildman–Crippen LogP) is 15.7. The Labute approximate surface area is 373 Å². The van der Waals surface area contributed by atoms with Gasteiger partial charge in [0.1, 0.15) is 0 Å². The van der Waals surface area contributed by atoms with E-state index in [2.05, 4.69) is 43.5 Å². The number of hydrogen-bond acceptors (Lipinski definition) is 5. The number of amides is 1. The summed E-state index contributed by atoms with van der Waals surface area (Å²) in [5.41, 5.74) is 0. The highest BCUT2D eigenvalue weighted by Crippen LogP contribution is 2.15. The Kier molecular flexibility index (Phi) is 48.1. The van der Waals surface area contributed by atoms with Crippen LogP contribution in [0.1, 0.15) is 271 Å². The summed E-state index contributed by atoms with van der Waals surface area (Å²) in [5.74, 6) is -0.0880. The topological polar surface area (TPSA) is 95.9 Å². The van der Waals surface area contributed by atoms with E-state index in [1.165, 1.54) is 180 Å². The van der Waals surface area contributed by atoms with Crippen molar-refractivity contribution in [2.24, 2.45) is 0 Å². The van der Waals surface area contributed by atoms with Gasteiger partial charge in [-0.15, -0.1) is 0 Å². The zero-order chi connectivity index (χ0) is 43.7. The number of carbonyl (C=O) groups is 2. The number of rotatable bonds is 48. The summed E-state index contributed by atoms with van der Waals surface area (Å²) in [6.07, 6.45) is 60.0. The van der Waals surface area contributed by atoms with Crippen LogP contribution in [0.5, 0.6) is 0 Å². The Bertz CT molecular complexity index is 977. The maximum Gasteiger partial charge on any atom is 0.305 e. The number of unbranched alkanes of at least 4 members (excludes halogenated alkanes) is 33. The van der Waals surface area contributed by atoms with Crippen LogP contribution in [0.3, 0.4) is 0 Å². The van der Waals surface area contributed by atoms with Crippen LogP contribution in [0.15, 0.2) is 36.5 Å². The molecule has 2 unspecified atom stereocenters. The van der Waals surface area contributed by atoms with Gasteiger partial charge < -0.3 is 20.3 Å². The Balaban J connectivity index is 3.43. The molecule has 0 aliphatic carbocycles. The van der Waals surface area contributed by atoms with E-state index >= 15 is 0 Å². The number of aliphatic hydroxyl groups is 2. The third-order valence-electron chi connectivity index (χ3n) is 11.9. The van der Waals surface area contributed by atoms with Crippen LogP contribution in [0.4, 0.5) is 0 Å². The Hall–Kier alpha value is -1.92. The van der Waals surface area contributed by atoms with Crippen LogP contribution >= 0.6 is 0 Å². The van der Waals surface area contributed by atoms with Gasteiger partial charge in [-0.3, -0.25) is 9.59 Å². The van der Waals surface area contributed by atoms with E-state index in [1.807, 2.05) is 6.08 Å². The first kappa shape index (κ1) is 58.1. The number of allylic oxidation sites excluding steroid dienone is 5. The van der Waals surface area contributed by atoms with Crippen molar-refractivity contribution in [3.8, 4) is 0 Å². The Morgan fingerprint density at radius 3 is 1.28 bits per heavy atom. The van der Waals surface area contributed by atoms with Crippen LogP contribution in [0.2, 0.25) is 0 Å². The van der Waals surface area contributed by atoms with Gasteiger partial charge in [0.15, 0.2) is 0 Å². The molecule has 0 fully saturated rings. The zero-order valence-electron chi connectivity index (χ0n) is 39.9. The minimum atomic E-state index is -0.849. The van der Waals surface area contributed by atoms with Crippen molar-refractivity contribution in [2.75, 3.05) is 13.2 Å². The molecule has 0 aromatic heterocycles. The number of hydrogen-bond donors (Lipinski definition) is 3. The van der Waals surface area contributed by atoms with E-state index in [4.69, 9.17) is 4.74 Å². The number of esters is 1. The quantitative estimate of drug-likeness (QED) is 0.0322. The van der Waals surface area contributed by atoms with Crippen molar-refractivity contribution < 1.29 is 24.5 Å². The first-order chi connectivity index (χ1) is 29.5. The number of nitrogens with one attached hydrogen (secondary N) is 1. The summed E-state index contributed by atoms with van der Waals surface area (Å²) in [5, 5.41) is 22.9. The summed E-state index contributed by atoms with van der Waals surface area (Å²) in [4.78, 5) is 24.4. The van der Waals surface area contributed by atoms with Gasteiger partial charge in [0.05, 0.1) is 25.4 Å². The van der Waals surface area contributed by atoms with E-state index in [0.29, 0.717) is 19.4 Å². The lowest BCUT2D eigenvalue weighted by Crippen LogP contribution is -2.45. The van der Waals surface area contributed by atoms with E-state index in [9.17, 15) is 19.8 Å². The fourth-order valence-electron chi connectivity index (χ4n) is 7.84. The normalized spacial score (nSPS) is 12.9. The molecular weight excluding hydrogens is 743 g/mol. The van der Waals surface area contributed by atoms with E-state index in [1.54, 1.807) is 6.08 Å². The molecule has 0 aromatic carbocycles. The van der Waals surface area contributed by atoms with Crippen LogP contribution < -0.4 is 5.32 Å². The molecule has 3 N–H and O–H groups in total. The monoisotopic (exact) mass is 844 g/mol. The predicted molar refractivity (Wildman–Crippen MR) is 259 cm³/mol. The summed E-state index contributed by atoms with van der Waals surface area (Å²) in [6, 6.07) is -0.633. The molecule has 2 atom stereocenters. The maximum atomic E-state index is 12.4. The van der Waals surface area contributed by atoms with Crippen molar-refractivity contribution in [3.05, 3.63) is 36.5 Å². The maximum absolute atomic E-state index is 12.4. The van der Waals surface area contributed by atoms with Gasteiger partial charge in [0, 0.05) is 12.8 Å². The molecule has 6 heteroatoms. The minimum absolute atomic E-state index is 0.00857. The van der Waals surface area contributed by atoms with Gasteiger partial charge in [-0.2, -0.15) is 0 Å². The highest BCUT2D eigenvalue weighted by Gasteiger charge is 2.18. The average molecular weight is 844 g/mol. The average Bonchev–Trinajstić information content (AvgIpc) is 3.25. The molecule has 0 spiro atoms. The van der Waals surface area contributed by atoms with Crippen LogP contribution in [0, 0.1) is 0 Å². The number of carbonyl (C=O) groups excluding carboxylic acids is 2. The summed E-state index contributed by atoms with van der Waals surface area (Å²) in [7, 11) is 0. The molecule has 0 aromatic rings. The van der Waals surface area contributed by atoms with Gasteiger partial charge in [0.25, 0.3) is 0 Å². The molecular formula is C54H101NO5. The third kappa shape index (κ3) is 45.6. The van der Waals surface area contributed by atoms with E-state index in [-0.39, 0.29) is 18.5 Å². The van der Waals surface area contributed by atoms with E-state index in [0.717, 1.165) is 64.2 Å². The largest absolute Gasteiger partial charge is 0.466 e. The lowest BCUT2D eigenvalue weighted by Gasteiger charge is -2.20. The molecule has 60 heavy (non-hydrogen) atoms. The highest BCUT2D eigenvalue weighted by molar-refractivity contribution is 5.76. The van der Waals surface area contributed by atoms with Crippen molar-refractivity contribution in [2.45, 2.75) is 283 Å². The zero-order valence-corrected chi connectivity index (χ0v) is 39.9. The van der Waals surface area contributed by atoms with Crippen molar-refractivity contribution >= 4 is 11.9 Å². The molecule has 6 nitrogen and oxygen atoms in total. The highest BCUT2D eigenvalue weighted by atomic mass is 16.5. The number of aliphatic hydroxyl groups excluding tert-OH is 2. The molecule has 352 valence electrons. The second-order valence-electron chi connectivity index (χ2n) is 17.9. The molecule has 0 bridgehead atoms. The van der Waals surface area contributed by atoms with Gasteiger partial charge in [-0.1, -0.05) is 230 Å². The molecule has 0 radical (unpaired) electrons. The van der Waals surface area contributed by atoms with Crippen LogP contribution in [-0.4, -0.2) is 47.4 Å². The molecule has 1 amide bonds. The summed E-state index contributed by atoms with van der Waals surface area (Å²) >= 11 is 0. The Morgan fingerprint density at radius 1 is 0.467 bits per heavy atom. The SMILES string of the molecule is CCCCCC/C=C\C/C=C\CCCCCCCCCC(=O)OCCCCCCCCCCCCCCCCCC(=O)NC(CO)C(O)/C=C/CCCCCCCCCC. The third-order valence-corrected chi connectivity index (χ3v) is 11.9. The van der Waals surface area contributed by atoms with Crippen molar-refractivity contribution in [1.82, 2.24) is 5.32 Å². The van der Waals surface area contributed by atoms with Gasteiger partial charge >= 0.3 is 5.97 Å². The fourth-order valence-corrected chi connectivity index (χ4v) is 7.84. The van der Waals surface area contributed by atoms with Gasteiger partial charge in [0.2, 0.25) is 5.91 Å². The Morgan fingerprint density at radius 2 is 0.833 bits per heavy atom. The lowest BCUT2D eigenvalue weighted by molar-refractivity contribution is -0.143. The van der Waals surface area contributed by atoms with Crippen molar-refractivity contribution in [1.29, 1.82) is 0 Å². The molecule has 0 rings (SSSR count). The van der Waals surface area contributed by atoms with Crippen LogP contribution in [0.25, 0.3) is 0 Å². The van der Waals surface area contributed by atoms with Crippen molar-refractivity contribution in [3.63, 3.8) is 0 Å². The van der Waals surface area contributed by atoms with Crippen LogP contribution in [-0.2, 0) is 14.3 Å². The standard InChI is InChI=1S/C54H101NO5/c1-3-5-7-9-11-13-15-16-17-18-19-22-25-28-32-36-40-44-48-54(59)60-49-45-41-37-33-29-26-23-20-21-24-27-31-35-39-43-47-53(58)55-51(50-56)52(57)46-42-38-34-30-14-12-10-8-6-4-2/h13,15,17-18,42,46,51-52,56-57H,3-12,14,16,19-41,43-45,47-50H2,1-2H3,(H,55,58)/b15-13-,18-17-,46-42+. The minimum Gasteiger partial charge on any atom is -0.466 e. The van der Waals surface area contributed by atoms with Gasteiger partial charge in [-0.05, 0) is 64.2 Å². The first-order valence-electron chi connectivity index (χ1n) is 26.3. The van der Waals surface area contributed by atoms with Gasteiger partial charge in [-0.25, -0.2) is 0 Å². The second-order valence-corrected chi connectivity index (χ2v) is 17.9. The second kappa shape index (κ2) is 49.7. The molecule has 0 aliphatic heterocycles. The molecule has 0 saturated carbocycles. The van der Waals surface area contributed by atoms with E-state index < -0.39 is 12.1 Å². The molecule has 0 aliphatic rings. The molecule has 0 heterocycles. The fraction of sp³-hybridized carbons (Fsp3) is 0.852. The summed E-state index contributed by atoms with van der Waals surface area (Å²) < 4.78 is 5.47. The summed E-state index contributed by atoms with van der Waals surface area (Å²) in [6.45, 7) is 4.84. The smallest absolute Gasteiger partial charge is 0.305 e. The first-order valence-corrected chi connectivity index (χ1v) is 26.3.